The van der Waals surface area contributed by atoms with Crippen molar-refractivity contribution < 1.29 is 14.3 Å². The molecule has 2 heterocycles. The largest absolute Gasteiger partial charge is 0.486 e. The summed E-state index contributed by atoms with van der Waals surface area (Å²) in [5, 5.41) is 3.01. The van der Waals surface area contributed by atoms with Crippen LogP contribution in [0.5, 0.6) is 11.5 Å². The zero-order valence-electron chi connectivity index (χ0n) is 13.6. The number of benzene rings is 1. The van der Waals surface area contributed by atoms with E-state index < -0.39 is 0 Å². The smallest absolute Gasteiger partial charge is 0.224 e. The Morgan fingerprint density at radius 1 is 1.29 bits per heavy atom. The number of aryl methyl sites for hydroxylation is 1. The van der Waals surface area contributed by atoms with Crippen molar-refractivity contribution in [3.05, 3.63) is 51.8 Å². The maximum atomic E-state index is 12.3. The second-order valence-electron chi connectivity index (χ2n) is 5.79. The van der Waals surface area contributed by atoms with E-state index in [1.54, 1.807) is 6.20 Å². The number of carbonyl (C=O) groups is 1. The molecular weight excluding hydrogens is 372 g/mol. The van der Waals surface area contributed by atoms with Gasteiger partial charge in [-0.05, 0) is 43.2 Å². The summed E-state index contributed by atoms with van der Waals surface area (Å²) < 4.78 is 12.1. The van der Waals surface area contributed by atoms with Gasteiger partial charge in [0.05, 0.1) is 12.5 Å². The van der Waals surface area contributed by atoms with E-state index in [0.29, 0.717) is 25.4 Å². The van der Waals surface area contributed by atoms with Crippen LogP contribution in [-0.4, -0.2) is 24.1 Å². The first kappa shape index (κ1) is 16.8. The molecule has 0 saturated carbocycles. The van der Waals surface area contributed by atoms with Crippen LogP contribution in [0, 0.1) is 6.92 Å². The van der Waals surface area contributed by atoms with Crippen LogP contribution < -0.4 is 14.8 Å². The van der Waals surface area contributed by atoms with E-state index >= 15 is 0 Å². The number of nitrogens with one attached hydrogen (secondary N) is 1. The lowest BCUT2D eigenvalue weighted by Gasteiger charge is -2.22. The van der Waals surface area contributed by atoms with Gasteiger partial charge < -0.3 is 14.8 Å². The molecule has 0 saturated heterocycles. The van der Waals surface area contributed by atoms with Crippen LogP contribution in [0.25, 0.3) is 0 Å². The second-order valence-corrected chi connectivity index (χ2v) is 6.65. The standard InChI is InChI=1S/C18H19BrN2O3/c1-11-3-4-13(10-20-11)7-18(22)21-12(2)14-8-16-17(9-15(14)19)24-6-5-23-16/h3-4,8-10,12H,5-7H2,1-2H3,(H,21,22). The van der Waals surface area contributed by atoms with Gasteiger partial charge in [0.25, 0.3) is 0 Å². The Bertz CT molecular complexity index is 747. The lowest BCUT2D eigenvalue weighted by atomic mass is 10.1. The van der Waals surface area contributed by atoms with E-state index in [1.165, 1.54) is 0 Å². The van der Waals surface area contributed by atoms with Gasteiger partial charge in [-0.1, -0.05) is 22.0 Å². The van der Waals surface area contributed by atoms with Crippen molar-refractivity contribution in [3.8, 4) is 11.5 Å². The highest BCUT2D eigenvalue weighted by Crippen LogP contribution is 2.37. The molecule has 6 heteroatoms. The fourth-order valence-electron chi connectivity index (χ4n) is 2.57. The van der Waals surface area contributed by atoms with E-state index in [2.05, 4.69) is 26.2 Å². The summed E-state index contributed by atoms with van der Waals surface area (Å²) in [4.78, 5) is 16.5. The first-order chi connectivity index (χ1) is 11.5. The van der Waals surface area contributed by atoms with Crippen LogP contribution in [0.3, 0.4) is 0 Å². The molecule has 0 radical (unpaired) electrons. The van der Waals surface area contributed by atoms with Gasteiger partial charge in [-0.15, -0.1) is 0 Å². The summed E-state index contributed by atoms with van der Waals surface area (Å²) in [7, 11) is 0. The predicted molar refractivity (Wildman–Crippen MR) is 94.4 cm³/mol. The number of halogens is 1. The highest BCUT2D eigenvalue weighted by molar-refractivity contribution is 9.10. The molecule has 1 aliphatic rings. The van der Waals surface area contributed by atoms with Crippen molar-refractivity contribution in [1.29, 1.82) is 0 Å². The number of rotatable bonds is 4. The average molecular weight is 391 g/mol. The molecule has 0 bridgehead atoms. The van der Waals surface area contributed by atoms with Gasteiger partial charge in [0.2, 0.25) is 5.91 Å². The third-order valence-electron chi connectivity index (χ3n) is 3.84. The summed E-state index contributed by atoms with van der Waals surface area (Å²) in [5.74, 6) is 1.39. The normalized spacial score (nSPS) is 14.1. The molecule has 5 nitrogen and oxygen atoms in total. The topological polar surface area (TPSA) is 60.5 Å². The zero-order chi connectivity index (χ0) is 17.1. The number of carbonyl (C=O) groups excluding carboxylic acids is 1. The number of hydrogen-bond acceptors (Lipinski definition) is 4. The molecule has 0 spiro atoms. The molecule has 24 heavy (non-hydrogen) atoms. The number of fused-ring (bicyclic) bond motifs is 1. The lowest BCUT2D eigenvalue weighted by Crippen LogP contribution is -2.28. The quantitative estimate of drug-likeness (QED) is 0.869. The molecule has 1 aromatic heterocycles. The average Bonchev–Trinajstić information content (AvgIpc) is 2.56. The fourth-order valence-corrected chi connectivity index (χ4v) is 3.24. The molecule has 1 aromatic carbocycles. The Morgan fingerprint density at radius 2 is 2.00 bits per heavy atom. The number of ether oxygens (including phenoxy) is 2. The highest BCUT2D eigenvalue weighted by Gasteiger charge is 2.19. The fraction of sp³-hybridized carbons (Fsp3) is 0.333. The van der Waals surface area contributed by atoms with Gasteiger partial charge >= 0.3 is 0 Å². The third kappa shape index (κ3) is 3.87. The van der Waals surface area contributed by atoms with Crippen molar-refractivity contribution in [1.82, 2.24) is 10.3 Å². The van der Waals surface area contributed by atoms with Crippen LogP contribution in [0.15, 0.2) is 34.9 Å². The minimum atomic E-state index is -0.152. The van der Waals surface area contributed by atoms with Crippen molar-refractivity contribution in [2.75, 3.05) is 13.2 Å². The maximum absolute atomic E-state index is 12.3. The number of pyridine rings is 1. The molecule has 0 aliphatic carbocycles. The molecule has 2 aromatic rings. The van der Waals surface area contributed by atoms with Gasteiger partial charge in [0.15, 0.2) is 11.5 Å². The Hall–Kier alpha value is -2.08. The van der Waals surface area contributed by atoms with Gasteiger partial charge in [-0.3, -0.25) is 9.78 Å². The van der Waals surface area contributed by atoms with Gasteiger partial charge in [0, 0.05) is 16.4 Å². The van der Waals surface area contributed by atoms with Gasteiger partial charge in [-0.2, -0.15) is 0 Å². The maximum Gasteiger partial charge on any atom is 0.224 e. The first-order valence-electron chi connectivity index (χ1n) is 7.83. The summed E-state index contributed by atoms with van der Waals surface area (Å²) in [6.45, 7) is 4.96. The zero-order valence-corrected chi connectivity index (χ0v) is 15.2. The SMILES string of the molecule is Cc1ccc(CC(=O)NC(C)c2cc3c(cc2Br)OCCO3)cn1. The van der Waals surface area contributed by atoms with Crippen LogP contribution in [0.1, 0.15) is 29.8 Å². The molecule has 1 aliphatic heterocycles. The van der Waals surface area contributed by atoms with Gasteiger partial charge in [0.1, 0.15) is 13.2 Å². The van der Waals surface area contributed by atoms with Crippen molar-refractivity contribution in [2.45, 2.75) is 26.3 Å². The minimum Gasteiger partial charge on any atom is -0.486 e. The summed E-state index contributed by atoms with van der Waals surface area (Å²) >= 11 is 3.54. The Kier molecular flexibility index (Phi) is 5.04. The van der Waals surface area contributed by atoms with Crippen LogP contribution in [-0.2, 0) is 11.2 Å². The second kappa shape index (κ2) is 7.21. The predicted octanol–water partition coefficient (Wildman–Crippen LogP) is 3.34. The van der Waals surface area contributed by atoms with Gasteiger partial charge in [-0.25, -0.2) is 0 Å². The Balaban J connectivity index is 1.69. The Labute approximate surface area is 149 Å². The molecule has 1 amide bonds. The van der Waals surface area contributed by atoms with Crippen molar-refractivity contribution >= 4 is 21.8 Å². The molecular formula is C18H19BrN2O3. The molecule has 1 atom stereocenters. The van der Waals surface area contributed by atoms with Crippen LogP contribution in [0.2, 0.25) is 0 Å². The van der Waals surface area contributed by atoms with E-state index in [0.717, 1.165) is 27.0 Å². The third-order valence-corrected chi connectivity index (χ3v) is 4.53. The number of hydrogen-bond donors (Lipinski definition) is 1. The van der Waals surface area contributed by atoms with E-state index in [1.807, 2.05) is 38.1 Å². The molecule has 3 rings (SSSR count). The number of aromatic nitrogens is 1. The highest BCUT2D eigenvalue weighted by atomic mass is 79.9. The van der Waals surface area contributed by atoms with Crippen LogP contribution in [0.4, 0.5) is 0 Å². The lowest BCUT2D eigenvalue weighted by molar-refractivity contribution is -0.121. The minimum absolute atomic E-state index is 0.0463. The van der Waals surface area contributed by atoms with E-state index in [4.69, 9.17) is 9.47 Å². The van der Waals surface area contributed by atoms with Crippen LogP contribution >= 0.6 is 15.9 Å². The molecule has 126 valence electrons. The number of nitrogens with zero attached hydrogens (tertiary/aromatic N) is 1. The summed E-state index contributed by atoms with van der Waals surface area (Å²) in [5.41, 5.74) is 2.79. The summed E-state index contributed by atoms with van der Waals surface area (Å²) in [6, 6.07) is 7.48. The van der Waals surface area contributed by atoms with Crippen molar-refractivity contribution in [3.63, 3.8) is 0 Å². The molecule has 1 unspecified atom stereocenters. The summed E-state index contributed by atoms with van der Waals surface area (Å²) in [6.07, 6.45) is 2.04. The Morgan fingerprint density at radius 3 is 2.67 bits per heavy atom. The van der Waals surface area contributed by atoms with E-state index in [-0.39, 0.29) is 11.9 Å². The molecule has 1 N–H and O–H groups in total. The monoisotopic (exact) mass is 390 g/mol. The van der Waals surface area contributed by atoms with Crippen molar-refractivity contribution in [2.24, 2.45) is 0 Å². The molecule has 0 fully saturated rings. The van der Waals surface area contributed by atoms with E-state index in [9.17, 15) is 4.79 Å². The first-order valence-corrected chi connectivity index (χ1v) is 8.62. The number of amides is 1.